The van der Waals surface area contributed by atoms with E-state index in [1.165, 1.54) is 0 Å². The van der Waals surface area contributed by atoms with Crippen molar-refractivity contribution in [3.8, 4) is 0 Å². The summed E-state index contributed by atoms with van der Waals surface area (Å²) in [6.45, 7) is 4.01. The fourth-order valence-corrected chi connectivity index (χ4v) is 2.07. The Bertz CT molecular complexity index is 569. The molecular weight excluding hydrogens is 285 g/mol. The van der Waals surface area contributed by atoms with Crippen molar-refractivity contribution < 1.29 is 4.52 Å². The lowest BCUT2D eigenvalue weighted by atomic mass is 10.1. The maximum atomic E-state index is 6.10. The molecule has 0 bridgehead atoms. The standard InChI is InChI=1S/C13H15Cl2N3O/c1-7(2)12(16)13-17-11(18-19-13)5-8-3-4-9(14)6-10(8)15/h3-4,6-7,12H,5,16H2,1-2H3/t12-/m0/s1. The first-order valence-corrected chi connectivity index (χ1v) is 6.75. The molecule has 0 radical (unpaired) electrons. The largest absolute Gasteiger partial charge is 0.338 e. The highest BCUT2D eigenvalue weighted by Gasteiger charge is 2.18. The van der Waals surface area contributed by atoms with Crippen LogP contribution in [-0.4, -0.2) is 10.1 Å². The average Bonchev–Trinajstić information content (AvgIpc) is 2.80. The van der Waals surface area contributed by atoms with E-state index in [2.05, 4.69) is 10.1 Å². The van der Waals surface area contributed by atoms with E-state index < -0.39 is 0 Å². The highest BCUT2D eigenvalue weighted by Crippen LogP contribution is 2.23. The van der Waals surface area contributed by atoms with Crippen molar-refractivity contribution in [1.29, 1.82) is 0 Å². The molecule has 1 aromatic carbocycles. The third kappa shape index (κ3) is 3.47. The van der Waals surface area contributed by atoms with Crippen LogP contribution in [0.15, 0.2) is 22.7 Å². The van der Waals surface area contributed by atoms with Gasteiger partial charge in [-0.05, 0) is 23.6 Å². The van der Waals surface area contributed by atoms with Gasteiger partial charge in [0, 0.05) is 16.5 Å². The molecule has 1 atom stereocenters. The number of aromatic nitrogens is 2. The lowest BCUT2D eigenvalue weighted by molar-refractivity contribution is 0.322. The first-order valence-electron chi connectivity index (χ1n) is 5.99. The highest BCUT2D eigenvalue weighted by molar-refractivity contribution is 6.35. The van der Waals surface area contributed by atoms with E-state index in [1.54, 1.807) is 12.1 Å². The van der Waals surface area contributed by atoms with Gasteiger partial charge in [0.1, 0.15) is 0 Å². The van der Waals surface area contributed by atoms with Gasteiger partial charge < -0.3 is 10.3 Å². The minimum absolute atomic E-state index is 0.243. The van der Waals surface area contributed by atoms with Crippen LogP contribution in [0.5, 0.6) is 0 Å². The Hall–Kier alpha value is -1.10. The van der Waals surface area contributed by atoms with Gasteiger partial charge in [-0.1, -0.05) is 48.3 Å². The van der Waals surface area contributed by atoms with Crippen molar-refractivity contribution in [2.75, 3.05) is 0 Å². The summed E-state index contributed by atoms with van der Waals surface area (Å²) in [5.41, 5.74) is 6.85. The van der Waals surface area contributed by atoms with E-state index in [1.807, 2.05) is 19.9 Å². The van der Waals surface area contributed by atoms with Gasteiger partial charge in [-0.2, -0.15) is 4.98 Å². The molecule has 2 N–H and O–H groups in total. The fraction of sp³-hybridized carbons (Fsp3) is 0.385. The van der Waals surface area contributed by atoms with Crippen LogP contribution in [0.25, 0.3) is 0 Å². The summed E-state index contributed by atoms with van der Waals surface area (Å²) in [7, 11) is 0. The molecule has 0 aliphatic rings. The number of hydrogen-bond donors (Lipinski definition) is 1. The highest BCUT2D eigenvalue weighted by atomic mass is 35.5. The maximum Gasteiger partial charge on any atom is 0.243 e. The average molecular weight is 300 g/mol. The van der Waals surface area contributed by atoms with E-state index in [4.69, 9.17) is 33.5 Å². The zero-order chi connectivity index (χ0) is 14.0. The lowest BCUT2D eigenvalue weighted by Crippen LogP contribution is -2.17. The van der Waals surface area contributed by atoms with E-state index in [0.717, 1.165) is 5.56 Å². The smallest absolute Gasteiger partial charge is 0.243 e. The zero-order valence-corrected chi connectivity index (χ0v) is 12.2. The van der Waals surface area contributed by atoms with E-state index >= 15 is 0 Å². The predicted molar refractivity (Wildman–Crippen MR) is 75.3 cm³/mol. The first kappa shape index (κ1) is 14.3. The van der Waals surface area contributed by atoms with Crippen LogP contribution in [0.1, 0.15) is 37.2 Å². The van der Waals surface area contributed by atoms with Crippen molar-refractivity contribution in [3.05, 3.63) is 45.5 Å². The molecule has 1 heterocycles. The molecule has 0 saturated carbocycles. The quantitative estimate of drug-likeness (QED) is 0.936. The molecule has 1 aromatic heterocycles. The van der Waals surface area contributed by atoms with Crippen molar-refractivity contribution in [2.24, 2.45) is 11.7 Å². The Kier molecular flexibility index (Phi) is 4.45. The molecule has 2 rings (SSSR count). The fourth-order valence-electron chi connectivity index (χ4n) is 1.60. The van der Waals surface area contributed by atoms with Gasteiger partial charge in [-0.15, -0.1) is 0 Å². The molecule has 0 aliphatic heterocycles. The molecule has 0 aliphatic carbocycles. The molecule has 0 saturated heterocycles. The molecule has 4 nitrogen and oxygen atoms in total. The second kappa shape index (κ2) is 5.90. The Morgan fingerprint density at radius 2 is 2.05 bits per heavy atom. The maximum absolute atomic E-state index is 6.10. The zero-order valence-electron chi connectivity index (χ0n) is 10.7. The van der Waals surface area contributed by atoms with Gasteiger partial charge in [-0.3, -0.25) is 0 Å². The minimum Gasteiger partial charge on any atom is -0.338 e. The summed E-state index contributed by atoms with van der Waals surface area (Å²) >= 11 is 12.0. The summed E-state index contributed by atoms with van der Waals surface area (Å²) in [5.74, 6) is 1.26. The first-order chi connectivity index (χ1) is 8.97. The predicted octanol–water partition coefficient (Wildman–Crippen LogP) is 3.62. The molecule has 6 heteroatoms. The second-order valence-corrected chi connectivity index (χ2v) is 5.57. The third-order valence-corrected chi connectivity index (χ3v) is 3.44. The van der Waals surface area contributed by atoms with Gasteiger partial charge in [-0.25, -0.2) is 0 Å². The SMILES string of the molecule is CC(C)[C@H](N)c1nc(Cc2ccc(Cl)cc2Cl)no1. The molecule has 19 heavy (non-hydrogen) atoms. The molecule has 0 spiro atoms. The molecule has 0 fully saturated rings. The normalized spacial score (nSPS) is 12.9. The Labute approximate surface area is 121 Å². The summed E-state index contributed by atoms with van der Waals surface area (Å²) in [6, 6.07) is 5.08. The monoisotopic (exact) mass is 299 g/mol. The summed E-state index contributed by atoms with van der Waals surface area (Å²) < 4.78 is 5.17. The number of halogens is 2. The van der Waals surface area contributed by atoms with Crippen LogP contribution in [0, 0.1) is 5.92 Å². The molecule has 0 amide bonds. The topological polar surface area (TPSA) is 64.9 Å². The molecule has 2 aromatic rings. The van der Waals surface area contributed by atoms with Crippen molar-refractivity contribution in [3.63, 3.8) is 0 Å². The second-order valence-electron chi connectivity index (χ2n) is 4.73. The number of hydrogen-bond acceptors (Lipinski definition) is 4. The Balaban J connectivity index is 2.16. The van der Waals surface area contributed by atoms with Crippen molar-refractivity contribution in [2.45, 2.75) is 26.3 Å². The number of nitrogens with two attached hydrogens (primary N) is 1. The number of nitrogens with zero attached hydrogens (tertiary/aromatic N) is 2. The van der Waals surface area contributed by atoms with Gasteiger partial charge in [0.2, 0.25) is 5.89 Å². The number of rotatable bonds is 4. The van der Waals surface area contributed by atoms with Gasteiger partial charge in [0.05, 0.1) is 6.04 Å². The van der Waals surface area contributed by atoms with Crippen molar-refractivity contribution >= 4 is 23.2 Å². The van der Waals surface area contributed by atoms with Gasteiger partial charge in [0.25, 0.3) is 0 Å². The molecule has 102 valence electrons. The lowest BCUT2D eigenvalue weighted by Gasteiger charge is -2.09. The number of benzene rings is 1. The minimum atomic E-state index is -0.248. The van der Waals surface area contributed by atoms with Crippen LogP contribution in [0.2, 0.25) is 10.0 Å². The van der Waals surface area contributed by atoms with Crippen molar-refractivity contribution in [1.82, 2.24) is 10.1 Å². The van der Waals surface area contributed by atoms with Crippen LogP contribution in [0.3, 0.4) is 0 Å². The van der Waals surface area contributed by atoms with E-state index in [9.17, 15) is 0 Å². The van der Waals surface area contributed by atoms with E-state index in [-0.39, 0.29) is 12.0 Å². The Morgan fingerprint density at radius 3 is 2.68 bits per heavy atom. The van der Waals surface area contributed by atoms with E-state index in [0.29, 0.717) is 28.2 Å². The van der Waals surface area contributed by atoms with Crippen LogP contribution in [0.4, 0.5) is 0 Å². The van der Waals surface area contributed by atoms with Crippen LogP contribution < -0.4 is 5.73 Å². The Morgan fingerprint density at radius 1 is 1.32 bits per heavy atom. The summed E-state index contributed by atoms with van der Waals surface area (Å²) in [5, 5.41) is 5.11. The summed E-state index contributed by atoms with van der Waals surface area (Å²) in [6.07, 6.45) is 0.490. The van der Waals surface area contributed by atoms with Gasteiger partial charge >= 0.3 is 0 Å². The van der Waals surface area contributed by atoms with Crippen LogP contribution in [-0.2, 0) is 6.42 Å². The van der Waals surface area contributed by atoms with Gasteiger partial charge in [0.15, 0.2) is 5.82 Å². The summed E-state index contributed by atoms with van der Waals surface area (Å²) in [4.78, 5) is 4.30. The van der Waals surface area contributed by atoms with Crippen LogP contribution >= 0.6 is 23.2 Å². The molecular formula is C13H15Cl2N3O. The molecule has 0 unspecified atom stereocenters. The third-order valence-electron chi connectivity index (χ3n) is 2.85.